The Labute approximate surface area is 116 Å². The molecule has 1 aliphatic carbocycles. The van der Waals surface area contributed by atoms with E-state index >= 15 is 0 Å². The third kappa shape index (κ3) is 3.24. The summed E-state index contributed by atoms with van der Waals surface area (Å²) in [5.74, 6) is 0.675. The molecule has 0 radical (unpaired) electrons. The minimum absolute atomic E-state index is 0.544. The maximum Gasteiger partial charge on any atom is 0.0691 e. The standard InChI is InChI=1S/C14H18BrClO/c1-2-10-5-6-14(17,8-10)9-11-3-4-12(15)7-13(11)16/h3-4,7,10,17H,2,5-6,8-9H2,1H3. The molecular weight excluding hydrogens is 300 g/mol. The molecular formula is C14H18BrClO. The molecule has 1 saturated carbocycles. The zero-order valence-electron chi connectivity index (χ0n) is 10.0. The summed E-state index contributed by atoms with van der Waals surface area (Å²) < 4.78 is 0.982. The van der Waals surface area contributed by atoms with Crippen LogP contribution in [0.1, 0.15) is 38.2 Å². The van der Waals surface area contributed by atoms with Crippen molar-refractivity contribution in [1.29, 1.82) is 0 Å². The molecule has 3 heteroatoms. The summed E-state index contributed by atoms with van der Waals surface area (Å²) >= 11 is 9.60. The molecule has 1 aliphatic rings. The number of hydrogen-bond donors (Lipinski definition) is 1. The first-order valence-electron chi connectivity index (χ1n) is 6.19. The molecule has 2 rings (SSSR count). The van der Waals surface area contributed by atoms with Crippen molar-refractivity contribution in [3.63, 3.8) is 0 Å². The van der Waals surface area contributed by atoms with Gasteiger partial charge >= 0.3 is 0 Å². The number of aliphatic hydroxyl groups is 1. The lowest BCUT2D eigenvalue weighted by Gasteiger charge is -2.23. The highest BCUT2D eigenvalue weighted by Crippen LogP contribution is 2.39. The van der Waals surface area contributed by atoms with E-state index in [1.54, 1.807) is 0 Å². The van der Waals surface area contributed by atoms with Gasteiger partial charge in [-0.25, -0.2) is 0 Å². The minimum atomic E-state index is -0.544. The number of hydrogen-bond acceptors (Lipinski definition) is 1. The topological polar surface area (TPSA) is 20.2 Å². The average Bonchev–Trinajstić information content (AvgIpc) is 2.65. The van der Waals surface area contributed by atoms with Gasteiger partial charge in [-0.05, 0) is 42.9 Å². The summed E-state index contributed by atoms with van der Waals surface area (Å²) in [6, 6.07) is 5.88. The Morgan fingerprint density at radius 3 is 2.88 bits per heavy atom. The molecule has 1 aromatic rings. The van der Waals surface area contributed by atoms with E-state index in [4.69, 9.17) is 11.6 Å². The lowest BCUT2D eigenvalue weighted by molar-refractivity contribution is 0.0437. The molecule has 0 saturated heterocycles. The number of benzene rings is 1. The van der Waals surface area contributed by atoms with Crippen LogP contribution in [0.15, 0.2) is 22.7 Å². The highest BCUT2D eigenvalue weighted by atomic mass is 79.9. The highest BCUT2D eigenvalue weighted by molar-refractivity contribution is 9.10. The van der Waals surface area contributed by atoms with Crippen molar-refractivity contribution >= 4 is 27.5 Å². The zero-order valence-corrected chi connectivity index (χ0v) is 12.4. The van der Waals surface area contributed by atoms with E-state index in [1.807, 2.05) is 18.2 Å². The van der Waals surface area contributed by atoms with Crippen LogP contribution in [0, 0.1) is 5.92 Å². The van der Waals surface area contributed by atoms with Crippen LogP contribution >= 0.6 is 27.5 Å². The molecule has 0 heterocycles. The lowest BCUT2D eigenvalue weighted by Crippen LogP contribution is -2.28. The van der Waals surface area contributed by atoms with Crippen LogP contribution in [-0.4, -0.2) is 10.7 Å². The molecule has 0 bridgehead atoms. The Morgan fingerprint density at radius 1 is 1.53 bits per heavy atom. The van der Waals surface area contributed by atoms with Crippen LogP contribution in [-0.2, 0) is 6.42 Å². The van der Waals surface area contributed by atoms with Crippen molar-refractivity contribution in [3.05, 3.63) is 33.3 Å². The summed E-state index contributed by atoms with van der Waals surface area (Å²) in [7, 11) is 0. The fourth-order valence-corrected chi connectivity index (χ4v) is 3.48. The van der Waals surface area contributed by atoms with Crippen LogP contribution in [0.5, 0.6) is 0 Å². The number of halogens is 2. The van der Waals surface area contributed by atoms with Gasteiger partial charge in [0.25, 0.3) is 0 Å². The molecule has 0 aliphatic heterocycles. The second kappa shape index (κ2) is 5.29. The van der Waals surface area contributed by atoms with Gasteiger partial charge in [-0.15, -0.1) is 0 Å². The molecule has 94 valence electrons. The maximum atomic E-state index is 10.6. The minimum Gasteiger partial charge on any atom is -0.390 e. The average molecular weight is 318 g/mol. The van der Waals surface area contributed by atoms with Gasteiger partial charge in [-0.2, -0.15) is 0 Å². The van der Waals surface area contributed by atoms with Crippen molar-refractivity contribution < 1.29 is 5.11 Å². The molecule has 0 aromatic heterocycles. The van der Waals surface area contributed by atoms with E-state index in [1.165, 1.54) is 0 Å². The molecule has 1 fully saturated rings. The van der Waals surface area contributed by atoms with Gasteiger partial charge in [0.2, 0.25) is 0 Å². The molecule has 0 spiro atoms. The SMILES string of the molecule is CCC1CCC(O)(Cc2ccc(Br)cc2Cl)C1. The third-order valence-corrected chi connectivity index (χ3v) is 4.64. The molecule has 1 N–H and O–H groups in total. The number of rotatable bonds is 3. The van der Waals surface area contributed by atoms with Crippen molar-refractivity contribution in [3.8, 4) is 0 Å². The smallest absolute Gasteiger partial charge is 0.0691 e. The molecule has 2 unspecified atom stereocenters. The summed E-state index contributed by atoms with van der Waals surface area (Å²) in [4.78, 5) is 0. The normalized spacial score (nSPS) is 28.6. The Kier molecular flexibility index (Phi) is 4.17. The van der Waals surface area contributed by atoms with E-state index in [-0.39, 0.29) is 0 Å². The zero-order chi connectivity index (χ0) is 12.5. The fourth-order valence-electron chi connectivity index (χ4n) is 2.74. The van der Waals surface area contributed by atoms with Crippen molar-refractivity contribution in [2.24, 2.45) is 5.92 Å². The van der Waals surface area contributed by atoms with Gasteiger partial charge in [0.05, 0.1) is 5.60 Å². The van der Waals surface area contributed by atoms with Crippen LogP contribution in [0.2, 0.25) is 5.02 Å². The predicted octanol–water partition coefficient (Wildman–Crippen LogP) is 4.59. The molecule has 1 nitrogen and oxygen atoms in total. The van der Waals surface area contributed by atoms with E-state index in [9.17, 15) is 5.11 Å². The second-order valence-electron chi connectivity index (χ2n) is 5.15. The van der Waals surface area contributed by atoms with E-state index in [2.05, 4.69) is 22.9 Å². The Hall–Kier alpha value is -0.0500. The van der Waals surface area contributed by atoms with Gasteiger partial charge in [-0.1, -0.05) is 46.9 Å². The first-order chi connectivity index (χ1) is 8.02. The van der Waals surface area contributed by atoms with Crippen molar-refractivity contribution in [2.75, 3.05) is 0 Å². The fraction of sp³-hybridized carbons (Fsp3) is 0.571. The van der Waals surface area contributed by atoms with E-state index in [0.717, 1.165) is 40.7 Å². The highest BCUT2D eigenvalue weighted by Gasteiger charge is 2.36. The van der Waals surface area contributed by atoms with Crippen LogP contribution in [0.25, 0.3) is 0 Å². The van der Waals surface area contributed by atoms with Gasteiger partial charge < -0.3 is 5.11 Å². The van der Waals surface area contributed by atoms with Crippen LogP contribution in [0.3, 0.4) is 0 Å². The summed E-state index contributed by atoms with van der Waals surface area (Å²) in [6.45, 7) is 2.20. The lowest BCUT2D eigenvalue weighted by atomic mass is 9.91. The summed E-state index contributed by atoms with van der Waals surface area (Å²) in [5.41, 5.74) is 0.507. The monoisotopic (exact) mass is 316 g/mol. The maximum absolute atomic E-state index is 10.6. The third-order valence-electron chi connectivity index (χ3n) is 3.80. The van der Waals surface area contributed by atoms with Gasteiger partial charge in [-0.3, -0.25) is 0 Å². The van der Waals surface area contributed by atoms with Gasteiger partial charge in [0.15, 0.2) is 0 Å². The Bertz CT molecular complexity index is 407. The molecule has 17 heavy (non-hydrogen) atoms. The molecule has 1 aromatic carbocycles. The quantitative estimate of drug-likeness (QED) is 0.864. The predicted molar refractivity (Wildman–Crippen MR) is 75.4 cm³/mol. The van der Waals surface area contributed by atoms with Crippen molar-refractivity contribution in [1.82, 2.24) is 0 Å². The summed E-state index contributed by atoms with van der Waals surface area (Å²) in [5, 5.41) is 11.3. The first kappa shape index (κ1) is 13.4. The second-order valence-corrected chi connectivity index (χ2v) is 6.48. The first-order valence-corrected chi connectivity index (χ1v) is 7.36. The van der Waals surface area contributed by atoms with E-state index < -0.39 is 5.60 Å². The molecule has 2 atom stereocenters. The van der Waals surface area contributed by atoms with Crippen LogP contribution in [0.4, 0.5) is 0 Å². The Morgan fingerprint density at radius 2 is 2.29 bits per heavy atom. The summed E-state index contributed by atoms with van der Waals surface area (Å²) in [6.07, 6.45) is 4.79. The van der Waals surface area contributed by atoms with E-state index in [0.29, 0.717) is 12.3 Å². The van der Waals surface area contributed by atoms with Crippen LogP contribution < -0.4 is 0 Å². The van der Waals surface area contributed by atoms with Gasteiger partial charge in [0.1, 0.15) is 0 Å². The Balaban J connectivity index is 2.10. The van der Waals surface area contributed by atoms with Gasteiger partial charge in [0, 0.05) is 15.9 Å². The van der Waals surface area contributed by atoms with Crippen molar-refractivity contribution in [2.45, 2.75) is 44.6 Å². The molecule has 0 amide bonds. The largest absolute Gasteiger partial charge is 0.390 e.